The van der Waals surface area contributed by atoms with Crippen molar-refractivity contribution in [2.75, 3.05) is 6.54 Å². The van der Waals surface area contributed by atoms with Gasteiger partial charge < -0.3 is 5.32 Å². The van der Waals surface area contributed by atoms with E-state index < -0.39 is 0 Å². The lowest BCUT2D eigenvalue weighted by molar-refractivity contribution is 0.292. The summed E-state index contributed by atoms with van der Waals surface area (Å²) >= 11 is 0. The Labute approximate surface area is 119 Å². The van der Waals surface area contributed by atoms with Crippen LogP contribution in [0.5, 0.6) is 0 Å². The smallest absolute Gasteiger partial charge is 0.0306 e. The summed E-state index contributed by atoms with van der Waals surface area (Å²) in [6.07, 6.45) is 8.77. The Kier molecular flexibility index (Phi) is 5.99. The zero-order valence-corrected chi connectivity index (χ0v) is 13.3. The van der Waals surface area contributed by atoms with Gasteiger partial charge in [-0.2, -0.15) is 0 Å². The fourth-order valence-electron chi connectivity index (χ4n) is 2.76. The van der Waals surface area contributed by atoms with Gasteiger partial charge in [0.15, 0.2) is 0 Å². The Morgan fingerprint density at radius 3 is 2.16 bits per heavy atom. The minimum atomic E-state index is 0.162. The molecule has 0 aliphatic rings. The van der Waals surface area contributed by atoms with Gasteiger partial charge in [-0.05, 0) is 45.2 Å². The van der Waals surface area contributed by atoms with Crippen LogP contribution in [0.1, 0.15) is 65.9 Å². The Bertz CT molecular complexity index is 345. The molecule has 1 aromatic heterocycles. The summed E-state index contributed by atoms with van der Waals surface area (Å²) in [6.45, 7) is 12.3. The fraction of sp³-hybridized carbons (Fsp3) is 0.706. The molecule has 2 heteroatoms. The first kappa shape index (κ1) is 16.2. The third kappa shape index (κ3) is 4.94. The summed E-state index contributed by atoms with van der Waals surface area (Å²) in [7, 11) is 0. The molecule has 1 heterocycles. The number of hydrogen-bond acceptors (Lipinski definition) is 2. The van der Waals surface area contributed by atoms with E-state index in [9.17, 15) is 0 Å². The third-order valence-electron chi connectivity index (χ3n) is 3.69. The second kappa shape index (κ2) is 7.04. The first-order chi connectivity index (χ1) is 8.93. The molecule has 0 bridgehead atoms. The van der Waals surface area contributed by atoms with Crippen molar-refractivity contribution >= 4 is 0 Å². The second-order valence-electron chi connectivity index (χ2n) is 6.63. The first-order valence-electron chi connectivity index (χ1n) is 7.59. The van der Waals surface area contributed by atoms with Crippen molar-refractivity contribution < 1.29 is 0 Å². The maximum atomic E-state index is 4.33. The quantitative estimate of drug-likeness (QED) is 0.792. The van der Waals surface area contributed by atoms with Gasteiger partial charge in [0.25, 0.3) is 0 Å². The molecule has 19 heavy (non-hydrogen) atoms. The van der Waals surface area contributed by atoms with E-state index in [1.807, 2.05) is 6.20 Å². The van der Waals surface area contributed by atoms with Crippen LogP contribution in [0, 0.1) is 0 Å². The lowest BCUT2D eigenvalue weighted by atomic mass is 9.73. The number of aromatic nitrogens is 1. The highest BCUT2D eigenvalue weighted by Crippen LogP contribution is 2.34. The van der Waals surface area contributed by atoms with Gasteiger partial charge in [0.05, 0.1) is 0 Å². The molecule has 0 amide bonds. The van der Waals surface area contributed by atoms with Crippen molar-refractivity contribution in [3.05, 3.63) is 30.1 Å². The van der Waals surface area contributed by atoms with Crippen LogP contribution in [-0.4, -0.2) is 17.1 Å². The predicted molar refractivity (Wildman–Crippen MR) is 83.5 cm³/mol. The van der Waals surface area contributed by atoms with E-state index >= 15 is 0 Å². The van der Waals surface area contributed by atoms with Crippen LogP contribution in [-0.2, 0) is 5.41 Å². The topological polar surface area (TPSA) is 24.9 Å². The molecule has 0 atom stereocenters. The summed E-state index contributed by atoms with van der Waals surface area (Å²) < 4.78 is 0. The van der Waals surface area contributed by atoms with Gasteiger partial charge in [0, 0.05) is 29.9 Å². The zero-order chi connectivity index (χ0) is 14.4. The SMILES string of the molecule is CCCC(CCC)(CNC(C)(C)C)c1cccnc1. The van der Waals surface area contributed by atoms with E-state index in [1.165, 1.54) is 31.2 Å². The molecular weight excluding hydrogens is 232 g/mol. The summed E-state index contributed by atoms with van der Waals surface area (Å²) in [6, 6.07) is 4.30. The summed E-state index contributed by atoms with van der Waals surface area (Å²) in [5.41, 5.74) is 1.77. The molecule has 0 aromatic carbocycles. The predicted octanol–water partition coefficient (Wildman–Crippen LogP) is 4.31. The van der Waals surface area contributed by atoms with Gasteiger partial charge in [-0.1, -0.05) is 32.8 Å². The second-order valence-corrected chi connectivity index (χ2v) is 6.63. The standard InChI is InChI=1S/C17H30N2/c1-6-10-17(11-7-2,14-19-16(3,4)5)15-9-8-12-18-13-15/h8-9,12-13,19H,6-7,10-11,14H2,1-5H3. The molecular formula is C17H30N2. The van der Waals surface area contributed by atoms with Gasteiger partial charge >= 0.3 is 0 Å². The zero-order valence-electron chi connectivity index (χ0n) is 13.3. The van der Waals surface area contributed by atoms with Gasteiger partial charge in [-0.25, -0.2) is 0 Å². The average molecular weight is 262 g/mol. The minimum absolute atomic E-state index is 0.162. The normalized spacial score (nSPS) is 12.7. The molecule has 0 aliphatic heterocycles. The fourth-order valence-corrected chi connectivity index (χ4v) is 2.76. The number of nitrogens with zero attached hydrogens (tertiary/aromatic N) is 1. The van der Waals surface area contributed by atoms with Crippen molar-refractivity contribution in [2.45, 2.75) is 71.3 Å². The maximum absolute atomic E-state index is 4.33. The Morgan fingerprint density at radius 1 is 1.11 bits per heavy atom. The number of pyridine rings is 1. The van der Waals surface area contributed by atoms with Gasteiger partial charge in [-0.15, -0.1) is 0 Å². The molecule has 0 saturated carbocycles. The highest BCUT2D eigenvalue weighted by molar-refractivity contribution is 5.22. The molecule has 0 spiro atoms. The largest absolute Gasteiger partial charge is 0.311 e. The monoisotopic (exact) mass is 262 g/mol. The third-order valence-corrected chi connectivity index (χ3v) is 3.69. The van der Waals surface area contributed by atoms with Crippen LogP contribution in [0.15, 0.2) is 24.5 Å². The van der Waals surface area contributed by atoms with Crippen LogP contribution < -0.4 is 5.32 Å². The Hall–Kier alpha value is -0.890. The Morgan fingerprint density at radius 2 is 1.74 bits per heavy atom. The molecule has 2 nitrogen and oxygen atoms in total. The van der Waals surface area contributed by atoms with E-state index in [4.69, 9.17) is 0 Å². The molecule has 1 aromatic rings. The molecule has 108 valence electrons. The highest BCUT2D eigenvalue weighted by Gasteiger charge is 2.31. The summed E-state index contributed by atoms with van der Waals surface area (Å²) in [5, 5.41) is 3.70. The van der Waals surface area contributed by atoms with Crippen molar-refractivity contribution in [3.63, 3.8) is 0 Å². The number of nitrogens with one attached hydrogen (secondary N) is 1. The van der Waals surface area contributed by atoms with E-state index in [0.717, 1.165) is 6.54 Å². The van der Waals surface area contributed by atoms with E-state index in [-0.39, 0.29) is 11.0 Å². The first-order valence-corrected chi connectivity index (χ1v) is 7.59. The average Bonchev–Trinajstić information content (AvgIpc) is 2.37. The van der Waals surface area contributed by atoms with E-state index in [2.05, 4.69) is 63.2 Å². The minimum Gasteiger partial charge on any atom is -0.311 e. The highest BCUT2D eigenvalue weighted by atomic mass is 15.0. The van der Waals surface area contributed by atoms with Crippen molar-refractivity contribution in [3.8, 4) is 0 Å². The summed E-state index contributed by atoms with van der Waals surface area (Å²) in [4.78, 5) is 4.33. The lowest BCUT2D eigenvalue weighted by Crippen LogP contribution is -2.46. The molecule has 1 N–H and O–H groups in total. The van der Waals surface area contributed by atoms with Gasteiger partial charge in [0.2, 0.25) is 0 Å². The molecule has 0 radical (unpaired) electrons. The van der Waals surface area contributed by atoms with Crippen LogP contribution in [0.4, 0.5) is 0 Å². The van der Waals surface area contributed by atoms with Gasteiger partial charge in [0.1, 0.15) is 0 Å². The van der Waals surface area contributed by atoms with Gasteiger partial charge in [-0.3, -0.25) is 4.98 Å². The maximum Gasteiger partial charge on any atom is 0.0306 e. The number of hydrogen-bond donors (Lipinski definition) is 1. The van der Waals surface area contributed by atoms with Crippen molar-refractivity contribution in [1.29, 1.82) is 0 Å². The Balaban J connectivity index is 3.00. The van der Waals surface area contributed by atoms with Crippen LogP contribution in [0.2, 0.25) is 0 Å². The molecule has 0 fully saturated rings. The van der Waals surface area contributed by atoms with Crippen LogP contribution >= 0.6 is 0 Å². The number of rotatable bonds is 7. The van der Waals surface area contributed by atoms with Crippen LogP contribution in [0.25, 0.3) is 0 Å². The molecule has 0 saturated heterocycles. The summed E-state index contributed by atoms with van der Waals surface area (Å²) in [5.74, 6) is 0. The lowest BCUT2D eigenvalue weighted by Gasteiger charge is -2.37. The van der Waals surface area contributed by atoms with Crippen molar-refractivity contribution in [2.24, 2.45) is 0 Å². The van der Waals surface area contributed by atoms with Crippen LogP contribution in [0.3, 0.4) is 0 Å². The van der Waals surface area contributed by atoms with E-state index in [1.54, 1.807) is 0 Å². The molecule has 0 aliphatic carbocycles. The van der Waals surface area contributed by atoms with Crippen molar-refractivity contribution in [1.82, 2.24) is 10.3 Å². The molecule has 0 unspecified atom stereocenters. The van der Waals surface area contributed by atoms with E-state index in [0.29, 0.717) is 0 Å². The molecule has 1 rings (SSSR count).